The average Bonchev–Trinajstić information content (AvgIpc) is 3.11. The molecule has 13 atom stereocenters. The highest BCUT2D eigenvalue weighted by molar-refractivity contribution is 5.73. The van der Waals surface area contributed by atoms with Crippen LogP contribution in [0.3, 0.4) is 0 Å². The third kappa shape index (κ3) is 9.53. The molecule has 0 N–H and O–H groups in total. The van der Waals surface area contributed by atoms with Gasteiger partial charge in [-0.05, 0) is 148 Å². The Morgan fingerprint density at radius 3 is 1.24 bits per heavy atom. The van der Waals surface area contributed by atoms with Crippen molar-refractivity contribution in [2.75, 3.05) is 6.61 Å². The molecule has 0 spiro atoms. The molecule has 0 heterocycles. The van der Waals surface area contributed by atoms with Gasteiger partial charge < -0.3 is 4.74 Å². The third-order valence-corrected chi connectivity index (χ3v) is 17.0. The zero-order chi connectivity index (χ0) is 33.4. The molecule has 0 aromatic rings. The summed E-state index contributed by atoms with van der Waals surface area (Å²) in [5, 5.41) is 0. The highest BCUT2D eigenvalue weighted by atomic mass is 16.5. The first-order chi connectivity index (χ1) is 24.2. The molecule has 7 aliphatic carbocycles. The van der Waals surface area contributed by atoms with Gasteiger partial charge in [0.15, 0.2) is 0 Å². The van der Waals surface area contributed by atoms with Gasteiger partial charge in [0.25, 0.3) is 0 Å². The van der Waals surface area contributed by atoms with Gasteiger partial charge in [-0.1, -0.05) is 129 Å². The Bertz CT molecular complexity index is 989. The first-order valence-corrected chi connectivity index (χ1v) is 23.3. The fraction of sp³-hybridized carbons (Fsp3) is 0.979. The van der Waals surface area contributed by atoms with Crippen LogP contribution in [-0.4, -0.2) is 12.6 Å². The second kappa shape index (κ2) is 18.5. The maximum absolute atomic E-state index is 13.5. The first-order valence-electron chi connectivity index (χ1n) is 23.3. The summed E-state index contributed by atoms with van der Waals surface area (Å²) in [5.41, 5.74) is 0. The number of esters is 1. The van der Waals surface area contributed by atoms with Crippen LogP contribution in [0.4, 0.5) is 0 Å². The number of rotatable bonds is 16. The number of hydrogen-bond acceptors (Lipinski definition) is 2. The fourth-order valence-electron chi connectivity index (χ4n) is 14.5. The van der Waals surface area contributed by atoms with E-state index in [9.17, 15) is 4.79 Å². The van der Waals surface area contributed by atoms with Crippen LogP contribution >= 0.6 is 0 Å². The zero-order valence-electron chi connectivity index (χ0n) is 32.4. The van der Waals surface area contributed by atoms with Gasteiger partial charge in [0.05, 0.1) is 12.5 Å². The van der Waals surface area contributed by atoms with Crippen molar-refractivity contribution in [3.05, 3.63) is 0 Å². The van der Waals surface area contributed by atoms with Crippen LogP contribution in [0.2, 0.25) is 0 Å². The second-order valence-electron chi connectivity index (χ2n) is 20.0. The Labute approximate surface area is 304 Å². The molecule has 49 heavy (non-hydrogen) atoms. The standard InChI is InChI=1S/C47H80O2/c1-2-3-4-5-6-7-8-9-10-11-12-13-14-17-23-49-47(48)45-22-18-21-36-26-39-29-42-30-40-27-37-24-34-19-15-16-20-35(34)25-38(37)28-41(40)31-43(42)32-44(39)33-46(36)45/h34-46H,2-33H2,1H3. The Morgan fingerprint density at radius 2 is 0.776 bits per heavy atom. The number of ether oxygens (including phenoxy) is 1. The molecule has 0 aliphatic heterocycles. The van der Waals surface area contributed by atoms with Crippen LogP contribution in [-0.2, 0) is 9.53 Å². The van der Waals surface area contributed by atoms with Crippen LogP contribution in [0.5, 0.6) is 0 Å². The molecule has 7 saturated carbocycles. The van der Waals surface area contributed by atoms with Gasteiger partial charge in [0.2, 0.25) is 0 Å². The van der Waals surface area contributed by atoms with E-state index in [1.165, 1.54) is 128 Å². The largest absolute Gasteiger partial charge is 0.465 e. The predicted molar refractivity (Wildman–Crippen MR) is 205 cm³/mol. The molecule has 280 valence electrons. The molecule has 7 rings (SSSR count). The minimum atomic E-state index is 0.196. The van der Waals surface area contributed by atoms with E-state index in [0.29, 0.717) is 12.5 Å². The lowest BCUT2D eigenvalue weighted by Gasteiger charge is -2.57. The summed E-state index contributed by atoms with van der Waals surface area (Å²) >= 11 is 0. The predicted octanol–water partition coefficient (Wildman–Crippen LogP) is 13.7. The van der Waals surface area contributed by atoms with Crippen molar-refractivity contribution < 1.29 is 9.53 Å². The molecule has 2 nitrogen and oxygen atoms in total. The maximum Gasteiger partial charge on any atom is 0.309 e. The normalized spacial score (nSPS) is 41.3. The van der Waals surface area contributed by atoms with Crippen molar-refractivity contribution in [3.8, 4) is 0 Å². The van der Waals surface area contributed by atoms with Crippen LogP contribution in [0.15, 0.2) is 0 Å². The Hall–Kier alpha value is -0.530. The van der Waals surface area contributed by atoms with Crippen LogP contribution in [0, 0.1) is 76.9 Å². The average molecular weight is 677 g/mol. The summed E-state index contributed by atoms with van der Waals surface area (Å²) in [5.74, 6) is 12.3. The zero-order valence-corrected chi connectivity index (χ0v) is 32.4. The van der Waals surface area contributed by atoms with E-state index in [-0.39, 0.29) is 11.9 Å². The number of carbonyl (C=O) groups excluding carboxylic acids is 1. The lowest BCUT2D eigenvalue weighted by atomic mass is 9.48. The minimum Gasteiger partial charge on any atom is -0.465 e. The van der Waals surface area contributed by atoms with Crippen molar-refractivity contribution in [1.29, 1.82) is 0 Å². The van der Waals surface area contributed by atoms with Crippen LogP contribution in [0.1, 0.15) is 206 Å². The lowest BCUT2D eigenvalue weighted by Crippen LogP contribution is -2.48. The van der Waals surface area contributed by atoms with E-state index in [2.05, 4.69) is 6.92 Å². The van der Waals surface area contributed by atoms with Crippen molar-refractivity contribution in [2.24, 2.45) is 76.9 Å². The topological polar surface area (TPSA) is 26.3 Å². The molecule has 0 amide bonds. The SMILES string of the molecule is CCCCCCCCCCCCCCCCOC(=O)C1CCCC2CC3CC4CC5CC6CC7CCCCC7CC6CC5CC4CC3CC21. The molecule has 13 unspecified atom stereocenters. The summed E-state index contributed by atoms with van der Waals surface area (Å²) in [4.78, 5) is 13.5. The van der Waals surface area contributed by atoms with E-state index in [1.807, 2.05) is 0 Å². The molecule has 7 fully saturated rings. The van der Waals surface area contributed by atoms with Gasteiger partial charge in [0.1, 0.15) is 0 Å². The highest BCUT2D eigenvalue weighted by Crippen LogP contribution is 2.61. The smallest absolute Gasteiger partial charge is 0.309 e. The van der Waals surface area contributed by atoms with Crippen LogP contribution in [0.25, 0.3) is 0 Å². The molecular weight excluding hydrogens is 597 g/mol. The monoisotopic (exact) mass is 677 g/mol. The van der Waals surface area contributed by atoms with E-state index >= 15 is 0 Å². The number of fused-ring (bicyclic) bond motifs is 6. The third-order valence-electron chi connectivity index (χ3n) is 17.0. The molecule has 7 aliphatic rings. The highest BCUT2D eigenvalue weighted by Gasteiger charge is 2.52. The van der Waals surface area contributed by atoms with Gasteiger partial charge in [0, 0.05) is 0 Å². The Balaban J connectivity index is 0.795. The summed E-state index contributed by atoms with van der Waals surface area (Å²) < 4.78 is 6.06. The second-order valence-corrected chi connectivity index (χ2v) is 20.0. The lowest BCUT2D eigenvalue weighted by molar-refractivity contribution is -0.156. The molecule has 2 heteroatoms. The van der Waals surface area contributed by atoms with E-state index in [1.54, 1.807) is 57.8 Å². The van der Waals surface area contributed by atoms with Gasteiger partial charge in [-0.15, -0.1) is 0 Å². The van der Waals surface area contributed by atoms with Crippen molar-refractivity contribution in [3.63, 3.8) is 0 Å². The van der Waals surface area contributed by atoms with Gasteiger partial charge >= 0.3 is 5.97 Å². The van der Waals surface area contributed by atoms with Gasteiger partial charge in [-0.3, -0.25) is 4.79 Å². The molecule has 0 aromatic heterocycles. The van der Waals surface area contributed by atoms with E-state index < -0.39 is 0 Å². The van der Waals surface area contributed by atoms with Crippen molar-refractivity contribution in [2.45, 2.75) is 206 Å². The van der Waals surface area contributed by atoms with Gasteiger partial charge in [-0.25, -0.2) is 0 Å². The summed E-state index contributed by atoms with van der Waals surface area (Å²) in [7, 11) is 0. The van der Waals surface area contributed by atoms with Gasteiger partial charge in [-0.2, -0.15) is 0 Å². The van der Waals surface area contributed by atoms with Crippen molar-refractivity contribution in [1.82, 2.24) is 0 Å². The van der Waals surface area contributed by atoms with Crippen molar-refractivity contribution >= 4 is 5.97 Å². The van der Waals surface area contributed by atoms with Crippen LogP contribution < -0.4 is 0 Å². The summed E-state index contributed by atoms with van der Waals surface area (Å²) in [6.07, 6.45) is 44.7. The molecular formula is C47H80O2. The Kier molecular flexibility index (Phi) is 13.9. The van der Waals surface area contributed by atoms with E-state index in [0.717, 1.165) is 77.9 Å². The molecule has 0 aromatic carbocycles. The summed E-state index contributed by atoms with van der Waals surface area (Å²) in [6, 6.07) is 0. The maximum atomic E-state index is 13.5. The molecule has 0 bridgehead atoms. The fourth-order valence-corrected chi connectivity index (χ4v) is 14.5. The molecule has 0 radical (unpaired) electrons. The quantitative estimate of drug-likeness (QED) is 0.120. The Morgan fingerprint density at radius 1 is 0.408 bits per heavy atom. The number of unbranched alkanes of at least 4 members (excludes halogenated alkanes) is 13. The minimum absolute atomic E-state index is 0.196. The first kappa shape index (κ1) is 36.8. The number of hydrogen-bond donors (Lipinski definition) is 0. The van der Waals surface area contributed by atoms with E-state index in [4.69, 9.17) is 4.74 Å². The molecule has 0 saturated heterocycles. The summed E-state index contributed by atoms with van der Waals surface area (Å²) in [6.45, 7) is 2.98. The number of carbonyl (C=O) groups is 1.